The van der Waals surface area contributed by atoms with Gasteiger partial charge in [-0.15, -0.1) is 11.3 Å². The molecular formula is C52H38N4S. The zero-order chi connectivity index (χ0) is 38.1. The van der Waals surface area contributed by atoms with E-state index < -0.39 is 5.41 Å². The number of nitrogens with zero attached hydrogens (tertiary/aromatic N) is 1. The Morgan fingerprint density at radius 3 is 1.96 bits per heavy atom. The van der Waals surface area contributed by atoms with Crippen molar-refractivity contribution in [3.63, 3.8) is 0 Å². The number of aromatic nitrogens is 1. The van der Waals surface area contributed by atoms with Crippen LogP contribution in [0.2, 0.25) is 0 Å². The second-order valence-corrected chi connectivity index (χ2v) is 16.0. The lowest BCUT2D eigenvalue weighted by molar-refractivity contribution is 0.626. The molecule has 1 aliphatic carbocycles. The van der Waals surface area contributed by atoms with Gasteiger partial charge < -0.3 is 10.7 Å². The topological polar surface area (TPSA) is 66.2 Å². The number of aliphatic imine (C=N–C) groups is 1. The van der Waals surface area contributed by atoms with Crippen LogP contribution in [0.4, 0.5) is 0 Å². The number of fused-ring (bicyclic) bond motifs is 10. The molecule has 11 rings (SSSR count). The number of thiophene rings is 1. The molecule has 2 heterocycles. The molecule has 272 valence electrons. The Bertz CT molecular complexity index is 3140. The summed E-state index contributed by atoms with van der Waals surface area (Å²) in [7, 11) is 1.93. The van der Waals surface area contributed by atoms with Gasteiger partial charge in [-0.3, -0.25) is 5.32 Å². The van der Waals surface area contributed by atoms with E-state index in [-0.39, 0.29) is 6.17 Å². The lowest BCUT2D eigenvalue weighted by atomic mass is 9.67. The van der Waals surface area contributed by atoms with Crippen molar-refractivity contribution in [2.24, 2.45) is 10.7 Å². The van der Waals surface area contributed by atoms with E-state index in [2.05, 4.69) is 162 Å². The monoisotopic (exact) mass is 750 g/mol. The zero-order valence-electron chi connectivity index (χ0n) is 31.3. The number of benzene rings is 8. The van der Waals surface area contributed by atoms with E-state index in [1.165, 1.54) is 69.8 Å². The Kier molecular flexibility index (Phi) is 7.75. The second kappa shape index (κ2) is 13.2. The molecule has 0 aliphatic heterocycles. The normalized spacial score (nSPS) is 14.0. The van der Waals surface area contributed by atoms with Gasteiger partial charge in [-0.1, -0.05) is 170 Å². The molecule has 2 aromatic heterocycles. The lowest BCUT2D eigenvalue weighted by Crippen LogP contribution is -2.28. The van der Waals surface area contributed by atoms with Crippen molar-refractivity contribution in [1.82, 2.24) is 10.3 Å². The summed E-state index contributed by atoms with van der Waals surface area (Å²) in [4.78, 5) is 8.88. The van der Waals surface area contributed by atoms with Crippen LogP contribution in [0.25, 0.3) is 64.2 Å². The molecule has 1 aliphatic rings. The highest BCUT2D eigenvalue weighted by molar-refractivity contribution is 7.26. The SMILES string of the molecule is CNC(/N=C(\N)c1ccccc1)c1ccccc1-c1ccc(C2(c3ccc4c(c3)[nH]c3c4ccc4c5ccccc5sc43)c3ccccc3-c3ccccc32)cc1. The second-order valence-electron chi connectivity index (χ2n) is 14.9. The standard InChI is InChI=1S/C52H38N4S/c1-54-51(56-50(53)33-13-3-2-4-14-33)43-19-6-5-15-36(43)32-23-25-34(26-24-32)52(44-20-10-7-16-37(44)38-17-8-11-21-45(38)52)35-27-28-39-41-29-30-42-40-18-9-12-22-47(40)57-49(42)48(41)55-46(39)31-35/h2-31,51,54-55H,1H3,(H2,53,56). The van der Waals surface area contributed by atoms with Crippen LogP contribution >= 0.6 is 11.3 Å². The molecule has 5 heteroatoms. The molecule has 0 fully saturated rings. The first-order valence-electron chi connectivity index (χ1n) is 19.4. The van der Waals surface area contributed by atoms with Crippen molar-refractivity contribution in [2.75, 3.05) is 7.05 Å². The summed E-state index contributed by atoms with van der Waals surface area (Å²) in [6.07, 6.45) is -0.321. The quantitative estimate of drug-likeness (QED) is 0.112. The summed E-state index contributed by atoms with van der Waals surface area (Å²) in [5.74, 6) is 0.501. The highest BCUT2D eigenvalue weighted by Gasteiger charge is 2.46. The Morgan fingerprint density at radius 2 is 1.21 bits per heavy atom. The van der Waals surface area contributed by atoms with Crippen LogP contribution in [0.3, 0.4) is 0 Å². The number of aromatic amines is 1. The van der Waals surface area contributed by atoms with E-state index >= 15 is 0 Å². The van der Waals surface area contributed by atoms with Crippen molar-refractivity contribution in [3.05, 3.63) is 215 Å². The van der Waals surface area contributed by atoms with Crippen LogP contribution in [-0.2, 0) is 5.41 Å². The molecule has 0 radical (unpaired) electrons. The summed E-state index contributed by atoms with van der Waals surface area (Å²) in [6, 6.07) is 65.9. The molecule has 4 N–H and O–H groups in total. The van der Waals surface area contributed by atoms with Gasteiger partial charge in [0.2, 0.25) is 0 Å². The van der Waals surface area contributed by atoms with E-state index in [4.69, 9.17) is 10.7 Å². The maximum absolute atomic E-state index is 6.54. The van der Waals surface area contributed by atoms with Crippen LogP contribution in [-0.4, -0.2) is 17.9 Å². The highest BCUT2D eigenvalue weighted by Crippen LogP contribution is 2.56. The first kappa shape index (κ1) is 33.5. The summed E-state index contributed by atoms with van der Waals surface area (Å²) in [5.41, 5.74) is 20.2. The van der Waals surface area contributed by atoms with Crippen LogP contribution < -0.4 is 11.1 Å². The minimum Gasteiger partial charge on any atom is -0.383 e. The molecule has 0 saturated heterocycles. The number of nitrogens with one attached hydrogen (secondary N) is 2. The van der Waals surface area contributed by atoms with Crippen LogP contribution in [0.5, 0.6) is 0 Å². The largest absolute Gasteiger partial charge is 0.383 e. The molecule has 1 unspecified atom stereocenters. The van der Waals surface area contributed by atoms with Crippen molar-refractivity contribution in [2.45, 2.75) is 11.6 Å². The Hall–Kier alpha value is -6.79. The maximum Gasteiger partial charge on any atom is 0.128 e. The maximum atomic E-state index is 6.54. The van der Waals surface area contributed by atoms with Crippen LogP contribution in [0, 0.1) is 0 Å². The van der Waals surface area contributed by atoms with E-state index in [1.54, 1.807) is 0 Å². The average Bonchev–Trinajstić information content (AvgIpc) is 3.94. The van der Waals surface area contributed by atoms with E-state index in [1.807, 2.05) is 48.7 Å². The smallest absolute Gasteiger partial charge is 0.128 e. The first-order chi connectivity index (χ1) is 28.1. The fourth-order valence-electron chi connectivity index (χ4n) is 9.42. The molecule has 0 bridgehead atoms. The predicted molar refractivity (Wildman–Crippen MR) is 240 cm³/mol. The predicted octanol–water partition coefficient (Wildman–Crippen LogP) is 12.3. The minimum absolute atomic E-state index is 0.321. The number of amidine groups is 1. The van der Waals surface area contributed by atoms with Gasteiger partial charge in [0.05, 0.1) is 15.6 Å². The van der Waals surface area contributed by atoms with Crippen LogP contribution in [0.1, 0.15) is 39.5 Å². The number of hydrogen-bond acceptors (Lipinski definition) is 3. The third-order valence-electron chi connectivity index (χ3n) is 12.0. The molecule has 0 saturated carbocycles. The number of rotatable bonds is 7. The number of hydrogen-bond donors (Lipinski definition) is 3. The van der Waals surface area contributed by atoms with Gasteiger partial charge in [-0.2, -0.15) is 0 Å². The first-order valence-corrected chi connectivity index (χ1v) is 20.3. The summed E-state index contributed by atoms with van der Waals surface area (Å²) in [6.45, 7) is 0. The number of nitrogens with two attached hydrogens (primary N) is 1. The summed E-state index contributed by atoms with van der Waals surface area (Å²) >= 11 is 1.87. The third-order valence-corrected chi connectivity index (χ3v) is 13.2. The highest BCUT2D eigenvalue weighted by atomic mass is 32.1. The van der Waals surface area contributed by atoms with Crippen molar-refractivity contribution < 1.29 is 0 Å². The molecule has 4 nitrogen and oxygen atoms in total. The summed E-state index contributed by atoms with van der Waals surface area (Å²) in [5, 5.41) is 8.52. The Balaban J connectivity index is 1.08. The zero-order valence-corrected chi connectivity index (χ0v) is 32.1. The van der Waals surface area contributed by atoms with E-state index in [0.29, 0.717) is 5.84 Å². The Labute approximate surface area is 335 Å². The van der Waals surface area contributed by atoms with Gasteiger partial charge in [-0.25, -0.2) is 4.99 Å². The Morgan fingerprint density at radius 1 is 0.596 bits per heavy atom. The third kappa shape index (κ3) is 5.06. The molecule has 0 spiro atoms. The number of H-pyrrole nitrogens is 1. The van der Waals surface area contributed by atoms with Gasteiger partial charge in [0, 0.05) is 37.3 Å². The molecule has 8 aromatic carbocycles. The van der Waals surface area contributed by atoms with Gasteiger partial charge in [0.15, 0.2) is 0 Å². The van der Waals surface area contributed by atoms with Crippen LogP contribution in [0.15, 0.2) is 187 Å². The van der Waals surface area contributed by atoms with Gasteiger partial charge in [0.1, 0.15) is 12.0 Å². The van der Waals surface area contributed by atoms with E-state index in [0.717, 1.165) is 27.8 Å². The molecule has 57 heavy (non-hydrogen) atoms. The molecule has 1 atom stereocenters. The summed E-state index contributed by atoms with van der Waals surface area (Å²) < 4.78 is 2.62. The molecule has 10 aromatic rings. The fourth-order valence-corrected chi connectivity index (χ4v) is 10.6. The minimum atomic E-state index is -0.536. The average molecular weight is 751 g/mol. The van der Waals surface area contributed by atoms with Crippen molar-refractivity contribution >= 4 is 59.2 Å². The molecular weight excluding hydrogens is 713 g/mol. The van der Waals surface area contributed by atoms with Gasteiger partial charge in [0.25, 0.3) is 0 Å². The van der Waals surface area contributed by atoms with E-state index in [9.17, 15) is 0 Å². The fraction of sp³-hybridized carbons (Fsp3) is 0.0577. The van der Waals surface area contributed by atoms with Gasteiger partial charge in [-0.05, 0) is 69.3 Å². The lowest BCUT2D eigenvalue weighted by Gasteiger charge is -2.34. The van der Waals surface area contributed by atoms with Gasteiger partial charge >= 0.3 is 0 Å². The van der Waals surface area contributed by atoms with Crippen molar-refractivity contribution in [1.29, 1.82) is 0 Å². The molecule has 0 amide bonds. The van der Waals surface area contributed by atoms with Crippen molar-refractivity contribution in [3.8, 4) is 22.3 Å².